The molecule has 0 aromatic carbocycles. The summed E-state index contributed by atoms with van der Waals surface area (Å²) >= 11 is 6.23. The lowest BCUT2D eigenvalue weighted by Gasteiger charge is -2.36. The molecule has 1 fully saturated rings. The Morgan fingerprint density at radius 1 is 1.45 bits per heavy atom. The second-order valence-electron chi connectivity index (χ2n) is 6.03. The fraction of sp³-hybridized carbons (Fsp3) is 0.733. The molecule has 1 aliphatic rings. The fourth-order valence-electron chi connectivity index (χ4n) is 2.94. The molecule has 0 N–H and O–H groups in total. The first-order valence-electron chi connectivity index (χ1n) is 7.44. The number of hydrogen-bond acceptors (Lipinski definition) is 3. The number of halogens is 1. The summed E-state index contributed by atoms with van der Waals surface area (Å²) in [5.41, 5.74) is 0.0743. The van der Waals surface area contributed by atoms with Gasteiger partial charge in [0.1, 0.15) is 5.69 Å². The second kappa shape index (κ2) is 5.86. The normalized spacial score (nSPS) is 19.5. The van der Waals surface area contributed by atoms with Gasteiger partial charge in [-0.1, -0.05) is 18.5 Å². The molecule has 2 heterocycles. The van der Waals surface area contributed by atoms with E-state index in [2.05, 4.69) is 16.9 Å². The van der Waals surface area contributed by atoms with Crippen LogP contribution in [0.15, 0.2) is 6.20 Å². The third-order valence-electron chi connectivity index (χ3n) is 4.44. The van der Waals surface area contributed by atoms with Gasteiger partial charge in [0.15, 0.2) is 0 Å². The number of Topliss-reactive ketones (excluding diaryl/α,β-unsaturated/α-hetero) is 1. The number of aromatic nitrogens is 2. The maximum atomic E-state index is 13.1. The zero-order chi connectivity index (χ0) is 14.9. The zero-order valence-corrected chi connectivity index (χ0v) is 13.6. The van der Waals surface area contributed by atoms with E-state index in [1.54, 1.807) is 10.9 Å². The number of likely N-dealkylation sites (tertiary alicyclic amines) is 1. The molecular weight excluding hydrogens is 274 g/mol. The van der Waals surface area contributed by atoms with Crippen molar-refractivity contribution in [3.63, 3.8) is 0 Å². The molecule has 4 nitrogen and oxygen atoms in total. The molecule has 2 rings (SSSR count). The van der Waals surface area contributed by atoms with Crippen molar-refractivity contribution in [2.45, 2.75) is 58.5 Å². The van der Waals surface area contributed by atoms with Crippen LogP contribution in [0.1, 0.15) is 63.5 Å². The van der Waals surface area contributed by atoms with Gasteiger partial charge in [0.2, 0.25) is 5.78 Å². The first kappa shape index (κ1) is 15.5. The third-order valence-corrected chi connectivity index (χ3v) is 4.71. The Kier molecular flexibility index (Phi) is 4.55. The topological polar surface area (TPSA) is 38.1 Å². The van der Waals surface area contributed by atoms with Crippen molar-refractivity contribution in [2.75, 3.05) is 13.1 Å². The van der Waals surface area contributed by atoms with Gasteiger partial charge in [0.25, 0.3) is 0 Å². The molecule has 0 bridgehead atoms. The van der Waals surface area contributed by atoms with Crippen LogP contribution in [0, 0.1) is 0 Å². The number of carbonyl (C=O) groups is 1. The number of ketones is 1. The summed E-state index contributed by atoms with van der Waals surface area (Å²) in [6.45, 7) is 10.1. The Hall–Kier alpha value is -0.870. The molecule has 1 unspecified atom stereocenters. The van der Waals surface area contributed by atoms with Gasteiger partial charge < -0.3 is 0 Å². The Morgan fingerprint density at radius 2 is 2.05 bits per heavy atom. The third kappa shape index (κ3) is 2.51. The highest BCUT2D eigenvalue weighted by Crippen LogP contribution is 2.31. The van der Waals surface area contributed by atoms with Gasteiger partial charge in [-0.05, 0) is 53.1 Å². The van der Waals surface area contributed by atoms with E-state index in [9.17, 15) is 4.79 Å². The van der Waals surface area contributed by atoms with E-state index in [-0.39, 0.29) is 11.8 Å². The molecule has 5 heteroatoms. The molecule has 1 saturated heterocycles. The highest BCUT2D eigenvalue weighted by atomic mass is 35.5. The Bertz CT molecular complexity index is 491. The summed E-state index contributed by atoms with van der Waals surface area (Å²) in [5, 5.41) is 4.72. The van der Waals surface area contributed by atoms with E-state index in [0.717, 1.165) is 19.5 Å². The van der Waals surface area contributed by atoms with Gasteiger partial charge in [-0.3, -0.25) is 14.4 Å². The van der Waals surface area contributed by atoms with Crippen molar-refractivity contribution >= 4 is 17.4 Å². The summed E-state index contributed by atoms with van der Waals surface area (Å²) in [6.07, 6.45) is 4.69. The van der Waals surface area contributed by atoms with E-state index in [1.807, 2.05) is 20.8 Å². The van der Waals surface area contributed by atoms with Crippen molar-refractivity contribution in [3.05, 3.63) is 16.9 Å². The molecule has 0 saturated carbocycles. The van der Waals surface area contributed by atoms with Gasteiger partial charge in [-0.2, -0.15) is 5.10 Å². The van der Waals surface area contributed by atoms with E-state index >= 15 is 0 Å². The van der Waals surface area contributed by atoms with Crippen LogP contribution in [0.3, 0.4) is 0 Å². The molecule has 1 aliphatic heterocycles. The van der Waals surface area contributed by atoms with Gasteiger partial charge in [-0.15, -0.1) is 0 Å². The van der Waals surface area contributed by atoms with E-state index < -0.39 is 5.54 Å². The first-order valence-corrected chi connectivity index (χ1v) is 7.82. The number of carbonyl (C=O) groups excluding carboxylic acids is 1. The lowest BCUT2D eigenvalue weighted by atomic mass is 9.89. The molecular formula is C15H24ClN3O. The highest BCUT2D eigenvalue weighted by Gasteiger charge is 2.41. The average Bonchev–Trinajstić information content (AvgIpc) is 3.06. The van der Waals surface area contributed by atoms with Crippen LogP contribution >= 0.6 is 11.6 Å². The molecule has 112 valence electrons. The van der Waals surface area contributed by atoms with Crippen LogP contribution in [0.25, 0.3) is 0 Å². The van der Waals surface area contributed by atoms with Gasteiger partial charge in [0.05, 0.1) is 16.8 Å². The summed E-state index contributed by atoms with van der Waals surface area (Å²) in [7, 11) is 0. The van der Waals surface area contributed by atoms with Crippen LogP contribution in [0.5, 0.6) is 0 Å². The van der Waals surface area contributed by atoms with Crippen molar-refractivity contribution < 1.29 is 4.79 Å². The maximum absolute atomic E-state index is 13.1. The molecule has 0 radical (unpaired) electrons. The van der Waals surface area contributed by atoms with Crippen molar-refractivity contribution in [1.29, 1.82) is 0 Å². The molecule has 0 spiro atoms. The minimum atomic E-state index is -0.479. The van der Waals surface area contributed by atoms with E-state index in [1.165, 1.54) is 12.8 Å². The monoisotopic (exact) mass is 297 g/mol. The molecule has 0 aliphatic carbocycles. The minimum absolute atomic E-state index is 0.0955. The van der Waals surface area contributed by atoms with Crippen LogP contribution in [0.2, 0.25) is 5.02 Å². The largest absolute Gasteiger partial charge is 0.291 e. The van der Waals surface area contributed by atoms with Crippen molar-refractivity contribution in [3.8, 4) is 0 Å². The van der Waals surface area contributed by atoms with Gasteiger partial charge in [-0.25, -0.2) is 0 Å². The summed E-state index contributed by atoms with van der Waals surface area (Å²) < 4.78 is 1.74. The molecule has 0 amide bonds. The van der Waals surface area contributed by atoms with Crippen molar-refractivity contribution in [2.24, 2.45) is 0 Å². The van der Waals surface area contributed by atoms with E-state index in [4.69, 9.17) is 11.6 Å². The average molecular weight is 298 g/mol. The fourth-order valence-corrected chi connectivity index (χ4v) is 3.15. The van der Waals surface area contributed by atoms with Crippen LogP contribution < -0.4 is 0 Å². The summed E-state index contributed by atoms with van der Waals surface area (Å²) in [4.78, 5) is 15.4. The Labute approximate surface area is 126 Å². The first-order chi connectivity index (χ1) is 9.41. The molecule has 20 heavy (non-hydrogen) atoms. The molecule has 1 aromatic rings. The number of rotatable bonds is 5. The van der Waals surface area contributed by atoms with Gasteiger partial charge >= 0.3 is 0 Å². The van der Waals surface area contributed by atoms with Crippen LogP contribution in [-0.4, -0.2) is 39.1 Å². The van der Waals surface area contributed by atoms with Crippen LogP contribution in [0.4, 0.5) is 0 Å². The van der Waals surface area contributed by atoms with Crippen LogP contribution in [-0.2, 0) is 0 Å². The predicted molar refractivity (Wildman–Crippen MR) is 81.5 cm³/mol. The standard InChI is InChI=1S/C15H24ClN3O/c1-5-15(4,18-8-6-7-9-18)14(20)13-12(16)10-17-19(13)11(2)3/h10-11H,5-9H2,1-4H3. The molecule has 1 atom stereocenters. The van der Waals surface area contributed by atoms with Gasteiger partial charge in [0, 0.05) is 6.04 Å². The highest BCUT2D eigenvalue weighted by molar-refractivity contribution is 6.34. The lowest BCUT2D eigenvalue weighted by molar-refractivity contribution is 0.0634. The SMILES string of the molecule is CCC(C)(C(=O)c1c(Cl)cnn1C(C)C)N1CCCC1. The lowest BCUT2D eigenvalue weighted by Crippen LogP contribution is -2.51. The summed E-state index contributed by atoms with van der Waals surface area (Å²) in [6, 6.07) is 0.126. The second-order valence-corrected chi connectivity index (χ2v) is 6.44. The van der Waals surface area contributed by atoms with E-state index in [0.29, 0.717) is 10.7 Å². The zero-order valence-electron chi connectivity index (χ0n) is 12.8. The Balaban J connectivity index is 2.40. The minimum Gasteiger partial charge on any atom is -0.291 e. The quantitative estimate of drug-likeness (QED) is 0.780. The molecule has 1 aromatic heterocycles. The Morgan fingerprint density at radius 3 is 2.55 bits per heavy atom. The number of nitrogens with zero attached hydrogens (tertiary/aromatic N) is 3. The number of hydrogen-bond donors (Lipinski definition) is 0. The van der Waals surface area contributed by atoms with Crippen molar-refractivity contribution in [1.82, 2.24) is 14.7 Å². The maximum Gasteiger partial charge on any atom is 0.202 e. The predicted octanol–water partition coefficient (Wildman–Crippen LogP) is 3.56. The smallest absolute Gasteiger partial charge is 0.202 e. The summed E-state index contributed by atoms with van der Waals surface area (Å²) in [5.74, 6) is 0.0955.